The Morgan fingerprint density at radius 2 is 1.94 bits per heavy atom. The minimum atomic E-state index is -4.63. The average molecular weight is 329 g/mol. The molecule has 0 radical (unpaired) electrons. The molecule has 0 spiro atoms. The van der Waals surface area contributed by atoms with Gasteiger partial charge in [0.2, 0.25) is 0 Å². The number of halogens is 4. The quantitative estimate of drug-likeness (QED) is 0.835. The van der Waals surface area contributed by atoms with Gasteiger partial charge in [-0.25, -0.2) is 0 Å². The van der Waals surface area contributed by atoms with Crippen LogP contribution in [0.4, 0.5) is 13.2 Å². The lowest BCUT2D eigenvalue weighted by Gasteiger charge is -2.21. The molecule has 7 heteroatoms. The van der Waals surface area contributed by atoms with E-state index in [-0.39, 0.29) is 16.6 Å². The van der Waals surface area contributed by atoms with Crippen LogP contribution in [-0.2, 0) is 6.18 Å². The van der Waals surface area contributed by atoms with Crippen molar-refractivity contribution in [3.05, 3.63) is 29.3 Å². The molecule has 3 nitrogen and oxygen atoms in total. The van der Waals surface area contributed by atoms with Crippen LogP contribution >= 0.6 is 15.9 Å². The fourth-order valence-corrected chi connectivity index (χ4v) is 1.81. The minimum Gasteiger partial charge on any atom is -0.497 e. The molecule has 0 aliphatic carbocycles. The molecule has 1 aromatic rings. The number of benzene rings is 1. The molecule has 2 unspecified atom stereocenters. The average Bonchev–Trinajstić information content (AvgIpc) is 2.35. The predicted octanol–water partition coefficient (Wildman–Crippen LogP) is 2.50. The molecule has 0 aliphatic rings. The van der Waals surface area contributed by atoms with Crippen LogP contribution in [0.5, 0.6) is 5.75 Å². The van der Waals surface area contributed by atoms with E-state index in [4.69, 9.17) is 4.74 Å². The molecule has 2 atom stereocenters. The second-order valence-corrected chi connectivity index (χ2v) is 4.26. The van der Waals surface area contributed by atoms with Crippen molar-refractivity contribution in [3.8, 4) is 5.75 Å². The molecule has 1 aromatic carbocycles. The Hall–Kier alpha value is -0.790. The maximum atomic E-state index is 12.8. The second kappa shape index (κ2) is 5.90. The Balaban J connectivity index is 3.26. The third-order valence-electron chi connectivity index (χ3n) is 2.41. The minimum absolute atomic E-state index is 0.0303. The van der Waals surface area contributed by atoms with Gasteiger partial charge < -0.3 is 14.9 Å². The molecule has 0 saturated heterocycles. The Morgan fingerprint density at radius 3 is 2.39 bits per heavy atom. The van der Waals surface area contributed by atoms with Gasteiger partial charge in [-0.05, 0) is 17.7 Å². The molecule has 18 heavy (non-hydrogen) atoms. The van der Waals surface area contributed by atoms with E-state index in [0.29, 0.717) is 0 Å². The van der Waals surface area contributed by atoms with Crippen LogP contribution < -0.4 is 4.74 Å². The van der Waals surface area contributed by atoms with Gasteiger partial charge in [0.1, 0.15) is 11.9 Å². The molecule has 1 rings (SSSR count). The Bertz CT molecular complexity index is 409. The van der Waals surface area contributed by atoms with Crippen LogP contribution in [0.15, 0.2) is 18.2 Å². The molecular weight excluding hydrogens is 317 g/mol. The summed E-state index contributed by atoms with van der Waals surface area (Å²) >= 11 is 2.90. The number of aliphatic hydroxyl groups excluding tert-OH is 2. The van der Waals surface area contributed by atoms with Crippen molar-refractivity contribution in [3.63, 3.8) is 0 Å². The van der Waals surface area contributed by atoms with Gasteiger partial charge in [0.25, 0.3) is 0 Å². The van der Waals surface area contributed by atoms with Gasteiger partial charge >= 0.3 is 6.18 Å². The lowest BCUT2D eigenvalue weighted by atomic mass is 9.98. The predicted molar refractivity (Wildman–Crippen MR) is 62.8 cm³/mol. The van der Waals surface area contributed by atoms with Crippen molar-refractivity contribution in [2.75, 3.05) is 12.4 Å². The zero-order valence-electron chi connectivity index (χ0n) is 9.41. The van der Waals surface area contributed by atoms with Gasteiger partial charge in [-0.3, -0.25) is 0 Å². The summed E-state index contributed by atoms with van der Waals surface area (Å²) in [7, 11) is 1.25. The maximum Gasteiger partial charge on any atom is 0.416 e. The highest BCUT2D eigenvalue weighted by Crippen LogP contribution is 2.37. The van der Waals surface area contributed by atoms with Crippen LogP contribution in [0.25, 0.3) is 0 Å². The molecular formula is C11H12BrF3O3. The lowest BCUT2D eigenvalue weighted by molar-refractivity contribution is -0.139. The van der Waals surface area contributed by atoms with Crippen LogP contribution in [0.1, 0.15) is 17.2 Å². The summed E-state index contributed by atoms with van der Waals surface area (Å²) in [4.78, 5) is 0. The standard InChI is InChI=1S/C11H12BrF3O3/c1-18-6-2-3-7(10(17)9(16)5-12)8(4-6)11(13,14)15/h2-4,9-10,16-17H,5H2,1H3. The normalized spacial score (nSPS) is 15.3. The molecule has 0 aromatic heterocycles. The highest BCUT2D eigenvalue weighted by Gasteiger charge is 2.36. The van der Waals surface area contributed by atoms with Crippen molar-refractivity contribution in [1.29, 1.82) is 0 Å². The number of hydrogen-bond acceptors (Lipinski definition) is 3. The highest BCUT2D eigenvalue weighted by molar-refractivity contribution is 9.09. The molecule has 0 saturated carbocycles. The number of methoxy groups -OCH3 is 1. The van der Waals surface area contributed by atoms with Crippen LogP contribution in [0.3, 0.4) is 0 Å². The van der Waals surface area contributed by atoms with Crippen molar-refractivity contribution in [2.45, 2.75) is 18.4 Å². The van der Waals surface area contributed by atoms with Gasteiger partial charge in [-0.2, -0.15) is 13.2 Å². The van der Waals surface area contributed by atoms with Crippen molar-refractivity contribution >= 4 is 15.9 Å². The lowest BCUT2D eigenvalue weighted by Crippen LogP contribution is -2.23. The SMILES string of the molecule is COc1ccc(C(O)C(O)CBr)c(C(F)(F)F)c1. The van der Waals surface area contributed by atoms with Gasteiger partial charge in [-0.1, -0.05) is 22.0 Å². The van der Waals surface area contributed by atoms with E-state index >= 15 is 0 Å². The van der Waals surface area contributed by atoms with E-state index in [2.05, 4.69) is 15.9 Å². The van der Waals surface area contributed by atoms with E-state index in [1.54, 1.807) is 0 Å². The zero-order chi connectivity index (χ0) is 13.9. The first kappa shape index (κ1) is 15.3. The first-order valence-electron chi connectivity index (χ1n) is 4.98. The van der Waals surface area contributed by atoms with E-state index in [1.165, 1.54) is 13.2 Å². The first-order valence-corrected chi connectivity index (χ1v) is 6.10. The van der Waals surface area contributed by atoms with Crippen molar-refractivity contribution < 1.29 is 28.1 Å². The van der Waals surface area contributed by atoms with E-state index in [1.807, 2.05) is 0 Å². The summed E-state index contributed by atoms with van der Waals surface area (Å²) < 4.78 is 43.2. The van der Waals surface area contributed by atoms with Crippen LogP contribution in [-0.4, -0.2) is 28.8 Å². The number of aliphatic hydroxyl groups is 2. The first-order chi connectivity index (χ1) is 8.31. The summed E-state index contributed by atoms with van der Waals surface area (Å²) in [5.41, 5.74) is -1.40. The molecule has 0 fully saturated rings. The van der Waals surface area contributed by atoms with Crippen molar-refractivity contribution in [1.82, 2.24) is 0 Å². The van der Waals surface area contributed by atoms with Gasteiger partial charge in [0.15, 0.2) is 0 Å². The second-order valence-electron chi connectivity index (χ2n) is 3.62. The molecule has 102 valence electrons. The third-order valence-corrected chi connectivity index (χ3v) is 3.07. The highest BCUT2D eigenvalue weighted by atomic mass is 79.9. The van der Waals surface area contributed by atoms with Gasteiger partial charge in [-0.15, -0.1) is 0 Å². The third kappa shape index (κ3) is 3.37. The van der Waals surface area contributed by atoms with Crippen molar-refractivity contribution in [2.24, 2.45) is 0 Å². The zero-order valence-corrected chi connectivity index (χ0v) is 11.0. The summed E-state index contributed by atoms with van der Waals surface area (Å²) in [6.07, 6.45) is -7.57. The number of rotatable bonds is 4. The smallest absolute Gasteiger partial charge is 0.416 e. The number of ether oxygens (including phenoxy) is 1. The molecule has 0 bridgehead atoms. The Labute approximate surface area is 110 Å². The van der Waals surface area contributed by atoms with Gasteiger partial charge in [0.05, 0.1) is 18.8 Å². The topological polar surface area (TPSA) is 49.7 Å². The number of hydrogen-bond donors (Lipinski definition) is 2. The summed E-state index contributed by atoms with van der Waals surface area (Å²) in [5.74, 6) is 0.0339. The maximum absolute atomic E-state index is 12.8. The van der Waals surface area contributed by atoms with E-state index in [9.17, 15) is 23.4 Å². The monoisotopic (exact) mass is 328 g/mol. The molecule has 0 heterocycles. The summed E-state index contributed by atoms with van der Waals surface area (Å²) in [5, 5.41) is 19.0. The van der Waals surface area contributed by atoms with Crippen LogP contribution in [0, 0.1) is 0 Å². The summed E-state index contributed by atoms with van der Waals surface area (Å²) in [6, 6.07) is 3.19. The van der Waals surface area contributed by atoms with E-state index in [0.717, 1.165) is 12.1 Å². The Kier molecular flexibility index (Phi) is 5.01. The summed E-state index contributed by atoms with van der Waals surface area (Å²) in [6.45, 7) is 0. The largest absolute Gasteiger partial charge is 0.497 e. The van der Waals surface area contributed by atoms with Gasteiger partial charge in [0, 0.05) is 5.33 Å². The molecule has 0 aliphatic heterocycles. The fourth-order valence-electron chi connectivity index (χ4n) is 1.46. The van der Waals surface area contributed by atoms with Crippen LogP contribution in [0.2, 0.25) is 0 Å². The molecule has 0 amide bonds. The molecule has 2 N–H and O–H groups in total. The Morgan fingerprint density at radius 1 is 1.33 bits per heavy atom. The number of alkyl halides is 4. The van der Waals surface area contributed by atoms with E-state index < -0.39 is 23.9 Å². The fraction of sp³-hybridized carbons (Fsp3) is 0.455.